The molecule has 4 rings (SSSR count). The van der Waals surface area contributed by atoms with E-state index in [-0.39, 0.29) is 17.9 Å². The number of carbonyl (C=O) groups excluding carboxylic acids is 1. The van der Waals surface area contributed by atoms with Crippen molar-refractivity contribution in [1.29, 1.82) is 5.26 Å². The zero-order chi connectivity index (χ0) is 22.4. The van der Waals surface area contributed by atoms with E-state index < -0.39 is 45.3 Å². The molecule has 1 aromatic heterocycles. The number of anilines is 1. The molecule has 1 saturated carbocycles. The number of amides is 1. The number of aryl methyl sites for hydroxylation is 1. The van der Waals surface area contributed by atoms with Crippen LogP contribution in [0.2, 0.25) is 0 Å². The number of aromatic nitrogens is 2. The number of halogens is 3. The molecule has 1 aliphatic carbocycles. The first-order valence-corrected chi connectivity index (χ1v) is 10.9. The number of aromatic amines is 1. The number of H-pyrrole nitrogens is 1. The largest absolute Gasteiger partial charge is 0.417 e. The average molecular weight is 451 g/mol. The number of rotatable bonds is 5. The fraction of sp³-hybridized carbons (Fsp3) is 0.450. The first-order chi connectivity index (χ1) is 14.6. The maximum atomic E-state index is 13.4. The highest BCUT2D eigenvalue weighted by atomic mass is 32.2. The summed E-state index contributed by atoms with van der Waals surface area (Å²) in [6.45, 7) is 1.88. The molecule has 2 aliphatic rings. The van der Waals surface area contributed by atoms with Gasteiger partial charge in [0.05, 0.1) is 32.6 Å². The lowest BCUT2D eigenvalue weighted by atomic mass is 10.1. The van der Waals surface area contributed by atoms with Crippen LogP contribution in [0, 0.1) is 18.3 Å². The highest BCUT2D eigenvalue weighted by Crippen LogP contribution is 2.38. The van der Waals surface area contributed by atoms with Crippen molar-refractivity contribution < 1.29 is 22.2 Å². The molecule has 3 atom stereocenters. The minimum absolute atomic E-state index is 0.0814. The van der Waals surface area contributed by atoms with Crippen molar-refractivity contribution in [3.8, 4) is 6.07 Å². The van der Waals surface area contributed by atoms with E-state index in [4.69, 9.17) is 0 Å². The smallest absolute Gasteiger partial charge is 0.342 e. The zero-order valence-corrected chi connectivity index (χ0v) is 17.4. The second-order valence-corrected chi connectivity index (χ2v) is 9.61. The summed E-state index contributed by atoms with van der Waals surface area (Å²) in [5.74, 6) is 0.0337. The summed E-state index contributed by atoms with van der Waals surface area (Å²) in [5.41, 5.74) is -1.08. The number of nitriles is 1. The third kappa shape index (κ3) is 4.17. The first-order valence-electron chi connectivity index (χ1n) is 9.72. The van der Waals surface area contributed by atoms with Crippen LogP contribution in [0.1, 0.15) is 30.5 Å². The van der Waals surface area contributed by atoms with Gasteiger partial charge in [0.1, 0.15) is 11.6 Å². The Morgan fingerprint density at radius 2 is 2.10 bits per heavy atom. The molecule has 3 unspecified atom stereocenters. The van der Waals surface area contributed by atoms with Crippen LogP contribution >= 0.6 is 0 Å². The molecule has 31 heavy (non-hydrogen) atoms. The van der Waals surface area contributed by atoms with Crippen molar-refractivity contribution in [2.75, 3.05) is 11.4 Å². The Morgan fingerprint density at radius 1 is 1.39 bits per heavy atom. The van der Waals surface area contributed by atoms with E-state index in [1.54, 1.807) is 17.9 Å². The summed E-state index contributed by atoms with van der Waals surface area (Å²) in [5, 5.41) is 18.3. The van der Waals surface area contributed by atoms with Gasteiger partial charge in [0.2, 0.25) is 5.91 Å². The second kappa shape index (κ2) is 7.67. The summed E-state index contributed by atoms with van der Waals surface area (Å²) >= 11 is 0. The van der Waals surface area contributed by atoms with E-state index in [0.717, 1.165) is 11.8 Å². The van der Waals surface area contributed by atoms with Gasteiger partial charge in [-0.05, 0) is 38.3 Å². The molecule has 0 spiro atoms. The van der Waals surface area contributed by atoms with Gasteiger partial charge < -0.3 is 10.2 Å². The summed E-state index contributed by atoms with van der Waals surface area (Å²) in [6, 6.07) is 7.81. The molecular formula is C20H20F3N5O2S. The monoisotopic (exact) mass is 451 g/mol. The molecule has 2 N–H and O–H groups in total. The molecule has 11 heteroatoms. The van der Waals surface area contributed by atoms with Gasteiger partial charge in [-0.2, -0.15) is 23.5 Å². The van der Waals surface area contributed by atoms with Gasteiger partial charge >= 0.3 is 6.18 Å². The summed E-state index contributed by atoms with van der Waals surface area (Å²) in [4.78, 5) is 14.3. The van der Waals surface area contributed by atoms with Crippen LogP contribution in [0.25, 0.3) is 0 Å². The summed E-state index contributed by atoms with van der Waals surface area (Å²) < 4.78 is 53.5. The number of hydrogen-bond acceptors (Lipinski definition) is 5. The fourth-order valence-electron chi connectivity index (χ4n) is 3.77. The number of nitrogens with zero attached hydrogens (tertiary/aromatic N) is 3. The molecule has 7 nitrogen and oxygen atoms in total. The van der Waals surface area contributed by atoms with Gasteiger partial charge in [0.15, 0.2) is 5.82 Å². The zero-order valence-electron chi connectivity index (χ0n) is 16.6. The molecule has 2 heterocycles. The minimum Gasteiger partial charge on any atom is -0.342 e. The average Bonchev–Trinajstić information content (AvgIpc) is 3.15. The number of carbonyl (C=O) groups is 1. The Morgan fingerprint density at radius 3 is 2.68 bits per heavy atom. The lowest BCUT2D eigenvalue weighted by Gasteiger charge is -2.24. The highest BCUT2D eigenvalue weighted by molar-refractivity contribution is 7.85. The van der Waals surface area contributed by atoms with Crippen molar-refractivity contribution in [2.24, 2.45) is 0 Å². The Hall–Kier alpha value is -2.87. The van der Waals surface area contributed by atoms with Gasteiger partial charge in [0, 0.05) is 18.3 Å². The SMILES string of the molecule is Cc1cc(N2CC(S(=O)c3ccccc3C(F)(F)F)CC2C(=O)NC2(C#N)CC2)n[nH]1. The van der Waals surface area contributed by atoms with Crippen molar-refractivity contribution in [2.45, 2.75) is 54.1 Å². The standard InChI is InChI=1S/C20H20F3N5O2S/c1-12-8-17(27-26-12)28-10-13(9-15(28)18(29)25-19(11-24)6-7-19)31(30)16-5-3-2-4-14(16)20(21,22)23/h2-5,8,13,15H,6-7,9-10H2,1H3,(H,25,29)(H,26,27). The van der Waals surface area contributed by atoms with Crippen LogP contribution in [-0.2, 0) is 21.8 Å². The number of nitrogens with one attached hydrogen (secondary N) is 2. The van der Waals surface area contributed by atoms with E-state index in [9.17, 15) is 27.4 Å². The number of hydrogen-bond donors (Lipinski definition) is 2. The summed E-state index contributed by atoms with van der Waals surface area (Å²) in [7, 11) is -2.00. The Labute approximate surface area is 179 Å². The minimum atomic E-state index is -4.63. The molecule has 1 amide bonds. The molecule has 1 aliphatic heterocycles. The molecule has 2 aromatic rings. The predicted molar refractivity (Wildman–Crippen MR) is 106 cm³/mol. The van der Waals surface area contributed by atoms with Gasteiger partial charge in [-0.3, -0.25) is 14.1 Å². The third-order valence-corrected chi connectivity index (χ3v) is 7.33. The molecule has 0 radical (unpaired) electrons. The van der Waals surface area contributed by atoms with Crippen molar-refractivity contribution in [1.82, 2.24) is 15.5 Å². The van der Waals surface area contributed by atoms with E-state index in [2.05, 4.69) is 21.6 Å². The molecule has 164 valence electrons. The third-order valence-electron chi connectivity index (χ3n) is 5.59. The van der Waals surface area contributed by atoms with Gasteiger partial charge in [-0.25, -0.2) is 0 Å². The van der Waals surface area contributed by atoms with E-state index in [1.807, 2.05) is 0 Å². The van der Waals surface area contributed by atoms with E-state index >= 15 is 0 Å². The van der Waals surface area contributed by atoms with Crippen molar-refractivity contribution >= 4 is 22.5 Å². The summed E-state index contributed by atoms with van der Waals surface area (Å²) in [6.07, 6.45) is -3.45. The normalized spacial score (nSPS) is 23.3. The number of benzene rings is 1. The fourth-order valence-corrected chi connectivity index (χ4v) is 5.40. The Balaban J connectivity index is 1.63. The lowest BCUT2D eigenvalue weighted by Crippen LogP contribution is -2.47. The Kier molecular flexibility index (Phi) is 5.29. The van der Waals surface area contributed by atoms with Gasteiger partial charge in [0.25, 0.3) is 0 Å². The topological polar surface area (TPSA) is 102 Å². The van der Waals surface area contributed by atoms with Crippen LogP contribution in [-0.4, -0.2) is 43.7 Å². The van der Waals surface area contributed by atoms with Crippen LogP contribution in [0.15, 0.2) is 35.2 Å². The molecule has 1 saturated heterocycles. The maximum absolute atomic E-state index is 13.4. The van der Waals surface area contributed by atoms with E-state index in [1.165, 1.54) is 18.2 Å². The highest BCUT2D eigenvalue weighted by Gasteiger charge is 2.49. The number of alkyl halides is 3. The van der Waals surface area contributed by atoms with Gasteiger partial charge in [-0.1, -0.05) is 12.1 Å². The predicted octanol–water partition coefficient (Wildman–Crippen LogP) is 2.66. The van der Waals surface area contributed by atoms with Crippen molar-refractivity contribution in [3.63, 3.8) is 0 Å². The van der Waals surface area contributed by atoms with Crippen molar-refractivity contribution in [3.05, 3.63) is 41.6 Å². The first kappa shape index (κ1) is 21.4. The quantitative estimate of drug-likeness (QED) is 0.728. The Bertz CT molecular complexity index is 1070. The molecule has 2 fully saturated rings. The molecular weight excluding hydrogens is 431 g/mol. The second-order valence-electron chi connectivity index (χ2n) is 7.91. The van der Waals surface area contributed by atoms with Gasteiger partial charge in [-0.15, -0.1) is 0 Å². The van der Waals surface area contributed by atoms with Crippen LogP contribution in [0.4, 0.5) is 19.0 Å². The molecule has 0 bridgehead atoms. The van der Waals surface area contributed by atoms with Crippen LogP contribution in [0.3, 0.4) is 0 Å². The maximum Gasteiger partial charge on any atom is 0.417 e. The van der Waals surface area contributed by atoms with Crippen LogP contribution in [0.5, 0.6) is 0 Å². The molecule has 1 aromatic carbocycles. The lowest BCUT2D eigenvalue weighted by molar-refractivity contribution is -0.139. The van der Waals surface area contributed by atoms with Crippen LogP contribution < -0.4 is 10.2 Å². The van der Waals surface area contributed by atoms with E-state index in [0.29, 0.717) is 18.7 Å².